The molecular weight excluding hydrogens is 369 g/mol. The van der Waals surface area contributed by atoms with Crippen molar-refractivity contribution in [1.82, 2.24) is 14.6 Å². The molecule has 0 bridgehead atoms. The molecule has 0 amide bonds. The van der Waals surface area contributed by atoms with Crippen LogP contribution in [0.1, 0.15) is 5.56 Å². The van der Waals surface area contributed by atoms with Crippen LogP contribution in [0.5, 0.6) is 5.75 Å². The van der Waals surface area contributed by atoms with Crippen LogP contribution >= 0.6 is 0 Å². The van der Waals surface area contributed by atoms with Gasteiger partial charge >= 0.3 is 6.36 Å². The fourth-order valence-electron chi connectivity index (χ4n) is 2.82. The average Bonchev–Trinajstić information content (AvgIpc) is 3.10. The molecular formula is C20H11F3N4O. The Morgan fingerprint density at radius 1 is 0.964 bits per heavy atom. The van der Waals surface area contributed by atoms with Crippen molar-refractivity contribution in [2.45, 2.75) is 6.36 Å². The average molecular weight is 380 g/mol. The van der Waals surface area contributed by atoms with Gasteiger partial charge in [0.1, 0.15) is 5.75 Å². The van der Waals surface area contributed by atoms with Crippen molar-refractivity contribution >= 4 is 5.65 Å². The Hall–Kier alpha value is -3.86. The summed E-state index contributed by atoms with van der Waals surface area (Å²) in [6, 6.07) is 18.2. The summed E-state index contributed by atoms with van der Waals surface area (Å²) in [4.78, 5) is 4.25. The van der Waals surface area contributed by atoms with Crippen molar-refractivity contribution in [3.05, 3.63) is 72.4 Å². The first-order valence-corrected chi connectivity index (χ1v) is 8.14. The highest BCUT2D eigenvalue weighted by Crippen LogP contribution is 2.29. The zero-order chi connectivity index (χ0) is 19.7. The zero-order valence-corrected chi connectivity index (χ0v) is 14.2. The Kier molecular flexibility index (Phi) is 4.20. The maximum absolute atomic E-state index is 12.5. The van der Waals surface area contributed by atoms with Gasteiger partial charge in [0.15, 0.2) is 5.65 Å². The Labute approximate surface area is 157 Å². The number of fused-ring (bicyclic) bond motifs is 1. The van der Waals surface area contributed by atoms with Crippen LogP contribution in [0.3, 0.4) is 0 Å². The Bertz CT molecular complexity index is 1210. The van der Waals surface area contributed by atoms with Crippen LogP contribution in [-0.4, -0.2) is 21.0 Å². The number of hydrogen-bond acceptors (Lipinski definition) is 4. The fraction of sp³-hybridized carbons (Fsp3) is 0.0500. The summed E-state index contributed by atoms with van der Waals surface area (Å²) < 4.78 is 43.0. The minimum atomic E-state index is -4.77. The minimum Gasteiger partial charge on any atom is -0.406 e. The molecule has 0 aliphatic rings. The summed E-state index contributed by atoms with van der Waals surface area (Å²) >= 11 is 0. The van der Waals surface area contributed by atoms with Gasteiger partial charge in [0.25, 0.3) is 0 Å². The van der Waals surface area contributed by atoms with Crippen molar-refractivity contribution in [2.75, 3.05) is 0 Å². The molecule has 0 spiro atoms. The molecule has 0 N–H and O–H groups in total. The number of nitrogens with zero attached hydrogens (tertiary/aromatic N) is 4. The number of ether oxygens (including phenoxy) is 1. The predicted octanol–water partition coefficient (Wildman–Crippen LogP) is 4.83. The first-order valence-electron chi connectivity index (χ1n) is 8.14. The van der Waals surface area contributed by atoms with E-state index in [1.165, 1.54) is 24.4 Å². The SMILES string of the molecule is N#Cc1cccc(-c2ccc3ncc(-c4cccc(OC(F)(F)F)c4)n3n2)c1. The van der Waals surface area contributed by atoms with Crippen molar-refractivity contribution in [1.29, 1.82) is 5.26 Å². The number of imidazole rings is 1. The summed E-state index contributed by atoms with van der Waals surface area (Å²) in [7, 11) is 0. The molecule has 2 aromatic heterocycles. The number of rotatable bonds is 3. The number of benzene rings is 2. The molecule has 0 saturated carbocycles. The van der Waals surface area contributed by atoms with Gasteiger partial charge in [-0.05, 0) is 36.4 Å². The van der Waals surface area contributed by atoms with Gasteiger partial charge in [-0.15, -0.1) is 13.2 Å². The van der Waals surface area contributed by atoms with Crippen LogP contribution in [-0.2, 0) is 0 Å². The third-order valence-corrected chi connectivity index (χ3v) is 4.01. The van der Waals surface area contributed by atoms with E-state index in [4.69, 9.17) is 5.26 Å². The molecule has 0 unspecified atom stereocenters. The molecule has 4 rings (SSSR count). The van der Waals surface area contributed by atoms with E-state index >= 15 is 0 Å². The third-order valence-electron chi connectivity index (χ3n) is 4.01. The number of aromatic nitrogens is 3. The molecule has 4 aromatic rings. The number of halogens is 3. The van der Waals surface area contributed by atoms with E-state index < -0.39 is 6.36 Å². The van der Waals surface area contributed by atoms with Crippen LogP contribution in [0.25, 0.3) is 28.2 Å². The number of hydrogen-bond donors (Lipinski definition) is 0. The van der Waals surface area contributed by atoms with E-state index in [1.807, 2.05) is 6.07 Å². The molecule has 0 aliphatic carbocycles. The normalized spacial score (nSPS) is 11.4. The summed E-state index contributed by atoms with van der Waals surface area (Å²) in [5, 5.41) is 13.6. The Balaban J connectivity index is 1.79. The first-order chi connectivity index (χ1) is 13.4. The summed E-state index contributed by atoms with van der Waals surface area (Å²) in [6.45, 7) is 0. The maximum atomic E-state index is 12.5. The topological polar surface area (TPSA) is 63.2 Å². The zero-order valence-electron chi connectivity index (χ0n) is 14.2. The van der Waals surface area contributed by atoms with Gasteiger partial charge in [-0.1, -0.05) is 24.3 Å². The molecule has 0 fully saturated rings. The van der Waals surface area contributed by atoms with E-state index in [0.717, 1.165) is 5.56 Å². The molecule has 0 atom stereocenters. The van der Waals surface area contributed by atoms with E-state index in [1.54, 1.807) is 40.9 Å². The highest BCUT2D eigenvalue weighted by molar-refractivity contribution is 5.67. The van der Waals surface area contributed by atoms with Gasteiger partial charge in [0.05, 0.1) is 29.2 Å². The Morgan fingerprint density at radius 2 is 1.75 bits per heavy atom. The van der Waals surface area contributed by atoms with Gasteiger partial charge in [0.2, 0.25) is 0 Å². The quantitative estimate of drug-likeness (QED) is 0.511. The lowest BCUT2D eigenvalue weighted by molar-refractivity contribution is -0.274. The molecule has 0 radical (unpaired) electrons. The van der Waals surface area contributed by atoms with Crippen LogP contribution < -0.4 is 4.74 Å². The van der Waals surface area contributed by atoms with Gasteiger partial charge < -0.3 is 4.74 Å². The van der Waals surface area contributed by atoms with Crippen molar-refractivity contribution in [3.8, 4) is 34.3 Å². The molecule has 8 heteroatoms. The molecule has 2 heterocycles. The lowest BCUT2D eigenvalue weighted by atomic mass is 10.1. The Morgan fingerprint density at radius 3 is 2.54 bits per heavy atom. The van der Waals surface area contributed by atoms with Crippen molar-refractivity contribution < 1.29 is 17.9 Å². The van der Waals surface area contributed by atoms with Crippen LogP contribution in [0.2, 0.25) is 0 Å². The van der Waals surface area contributed by atoms with Crippen LogP contribution in [0.15, 0.2) is 66.9 Å². The fourth-order valence-corrected chi connectivity index (χ4v) is 2.82. The molecule has 2 aromatic carbocycles. The molecule has 5 nitrogen and oxygen atoms in total. The van der Waals surface area contributed by atoms with E-state index in [-0.39, 0.29) is 5.75 Å². The maximum Gasteiger partial charge on any atom is 0.573 e. The van der Waals surface area contributed by atoms with Gasteiger partial charge in [-0.2, -0.15) is 10.4 Å². The first kappa shape index (κ1) is 17.5. The lowest BCUT2D eigenvalue weighted by Gasteiger charge is -2.10. The molecule has 28 heavy (non-hydrogen) atoms. The van der Waals surface area contributed by atoms with Crippen molar-refractivity contribution in [3.63, 3.8) is 0 Å². The highest BCUT2D eigenvalue weighted by Gasteiger charge is 2.31. The van der Waals surface area contributed by atoms with Crippen LogP contribution in [0.4, 0.5) is 13.2 Å². The molecule has 0 aliphatic heterocycles. The van der Waals surface area contributed by atoms with E-state index in [9.17, 15) is 13.2 Å². The third kappa shape index (κ3) is 3.50. The predicted molar refractivity (Wildman–Crippen MR) is 95.3 cm³/mol. The highest BCUT2D eigenvalue weighted by atomic mass is 19.4. The second-order valence-corrected chi connectivity index (χ2v) is 5.90. The minimum absolute atomic E-state index is 0.321. The summed E-state index contributed by atoms with van der Waals surface area (Å²) in [6.07, 6.45) is -3.24. The van der Waals surface area contributed by atoms with Gasteiger partial charge in [-0.25, -0.2) is 9.50 Å². The second-order valence-electron chi connectivity index (χ2n) is 5.90. The largest absolute Gasteiger partial charge is 0.573 e. The second kappa shape index (κ2) is 6.70. The van der Waals surface area contributed by atoms with E-state index in [0.29, 0.717) is 28.2 Å². The molecule has 138 valence electrons. The standard InChI is InChI=1S/C20H11F3N4O/c21-20(22,23)28-16-6-2-5-15(10-16)18-12-25-19-8-7-17(26-27(18)19)14-4-1-3-13(9-14)11-24/h1-10,12H. The number of alkyl halides is 3. The van der Waals surface area contributed by atoms with Crippen molar-refractivity contribution in [2.24, 2.45) is 0 Å². The smallest absolute Gasteiger partial charge is 0.406 e. The number of nitriles is 1. The van der Waals surface area contributed by atoms with Gasteiger partial charge in [0, 0.05) is 11.1 Å². The monoisotopic (exact) mass is 380 g/mol. The molecule has 0 saturated heterocycles. The summed E-state index contributed by atoms with van der Waals surface area (Å²) in [5.41, 5.74) is 3.38. The lowest BCUT2D eigenvalue weighted by Crippen LogP contribution is -2.17. The summed E-state index contributed by atoms with van der Waals surface area (Å²) in [5.74, 6) is -0.321. The van der Waals surface area contributed by atoms with Gasteiger partial charge in [-0.3, -0.25) is 0 Å². The van der Waals surface area contributed by atoms with E-state index in [2.05, 4.69) is 20.9 Å². The van der Waals surface area contributed by atoms with Crippen LogP contribution in [0, 0.1) is 11.3 Å².